The Balaban J connectivity index is 1.77. The third-order valence-corrected chi connectivity index (χ3v) is 5.04. The van der Waals surface area contributed by atoms with Crippen LogP contribution in [0.4, 0.5) is 0 Å². The molecule has 2 fully saturated rings. The fourth-order valence-electron chi connectivity index (χ4n) is 3.62. The van der Waals surface area contributed by atoms with Crippen molar-refractivity contribution in [2.45, 2.75) is 77.0 Å². The minimum Gasteiger partial charge on any atom is -0.374 e. The Morgan fingerprint density at radius 2 is 2.21 bits per heavy atom. The zero-order valence-electron chi connectivity index (χ0n) is 12.8. The van der Waals surface area contributed by atoms with Crippen molar-refractivity contribution >= 4 is 0 Å². The first-order valence-corrected chi connectivity index (χ1v) is 8.35. The predicted octanol–water partition coefficient (Wildman–Crippen LogP) is 2.78. The highest BCUT2D eigenvalue weighted by atomic mass is 16.5. The molecule has 3 nitrogen and oxygen atoms in total. The Morgan fingerprint density at radius 3 is 2.95 bits per heavy atom. The molecule has 4 atom stereocenters. The van der Waals surface area contributed by atoms with E-state index in [1.807, 2.05) is 0 Å². The molecular formula is C16H32N2O. The van der Waals surface area contributed by atoms with Crippen molar-refractivity contribution in [1.29, 1.82) is 0 Å². The number of nitrogens with two attached hydrogens (primary N) is 1. The van der Waals surface area contributed by atoms with E-state index < -0.39 is 0 Å². The first-order valence-electron chi connectivity index (χ1n) is 8.35. The lowest BCUT2D eigenvalue weighted by Crippen LogP contribution is -2.53. The molecule has 0 aliphatic carbocycles. The lowest BCUT2D eigenvalue weighted by atomic mass is 9.90. The zero-order chi connectivity index (χ0) is 13.7. The number of hydrogen-bond donors (Lipinski definition) is 1. The highest BCUT2D eigenvalue weighted by Gasteiger charge is 2.35. The molecule has 2 aliphatic heterocycles. The monoisotopic (exact) mass is 268 g/mol. The molecule has 0 amide bonds. The molecule has 0 bridgehead atoms. The molecule has 2 heterocycles. The summed E-state index contributed by atoms with van der Waals surface area (Å²) in [4.78, 5) is 2.60. The average Bonchev–Trinajstić information content (AvgIpc) is 2.90. The number of morpholine rings is 1. The molecule has 2 rings (SSSR count). The molecule has 3 heteroatoms. The number of unbranched alkanes of at least 4 members (excludes halogenated alkanes) is 1. The van der Waals surface area contributed by atoms with Crippen LogP contribution >= 0.6 is 0 Å². The van der Waals surface area contributed by atoms with Gasteiger partial charge >= 0.3 is 0 Å². The van der Waals surface area contributed by atoms with Crippen LogP contribution in [-0.4, -0.2) is 42.8 Å². The molecular weight excluding hydrogens is 236 g/mol. The summed E-state index contributed by atoms with van der Waals surface area (Å²) in [6.45, 7) is 7.79. The van der Waals surface area contributed by atoms with Crippen molar-refractivity contribution in [3.05, 3.63) is 0 Å². The summed E-state index contributed by atoms with van der Waals surface area (Å²) in [6.07, 6.45) is 9.28. The van der Waals surface area contributed by atoms with Gasteiger partial charge in [0.25, 0.3) is 0 Å². The fraction of sp³-hybridized carbons (Fsp3) is 1.00. The van der Waals surface area contributed by atoms with E-state index >= 15 is 0 Å². The SMILES string of the molecule is CCCCC(CC)CC(N)C1CN2CCCC2CO1. The molecule has 2 N–H and O–H groups in total. The van der Waals surface area contributed by atoms with E-state index in [9.17, 15) is 0 Å². The summed E-state index contributed by atoms with van der Waals surface area (Å²) in [6, 6.07) is 0.911. The number of nitrogens with zero attached hydrogens (tertiary/aromatic N) is 1. The van der Waals surface area contributed by atoms with Crippen LogP contribution in [0.3, 0.4) is 0 Å². The second kappa shape index (κ2) is 7.61. The molecule has 0 aromatic heterocycles. The third-order valence-electron chi connectivity index (χ3n) is 5.04. The average molecular weight is 268 g/mol. The lowest BCUT2D eigenvalue weighted by molar-refractivity contribution is -0.0620. The predicted molar refractivity (Wildman–Crippen MR) is 80.2 cm³/mol. The van der Waals surface area contributed by atoms with E-state index in [1.165, 1.54) is 45.1 Å². The molecule has 19 heavy (non-hydrogen) atoms. The van der Waals surface area contributed by atoms with Gasteiger partial charge in [-0.25, -0.2) is 0 Å². The van der Waals surface area contributed by atoms with Crippen LogP contribution in [0.1, 0.15) is 58.8 Å². The molecule has 0 saturated carbocycles. The zero-order valence-corrected chi connectivity index (χ0v) is 12.8. The van der Waals surface area contributed by atoms with Gasteiger partial charge in [-0.05, 0) is 31.7 Å². The van der Waals surface area contributed by atoms with Gasteiger partial charge in [0.2, 0.25) is 0 Å². The van der Waals surface area contributed by atoms with Crippen LogP contribution < -0.4 is 5.73 Å². The normalized spacial score (nSPS) is 31.1. The molecule has 0 aromatic rings. The van der Waals surface area contributed by atoms with Crippen LogP contribution in [0, 0.1) is 5.92 Å². The van der Waals surface area contributed by atoms with Crippen molar-refractivity contribution in [3.63, 3.8) is 0 Å². The van der Waals surface area contributed by atoms with Gasteiger partial charge in [0.05, 0.1) is 12.7 Å². The minimum atomic E-state index is 0.225. The number of hydrogen-bond acceptors (Lipinski definition) is 3. The van der Waals surface area contributed by atoms with E-state index in [2.05, 4.69) is 18.7 Å². The summed E-state index contributed by atoms with van der Waals surface area (Å²) in [5.41, 5.74) is 6.43. The maximum absolute atomic E-state index is 6.43. The van der Waals surface area contributed by atoms with E-state index in [0.29, 0.717) is 6.04 Å². The second-order valence-corrected chi connectivity index (χ2v) is 6.48. The Labute approximate surface area is 118 Å². The van der Waals surface area contributed by atoms with Gasteiger partial charge in [0, 0.05) is 18.6 Å². The highest BCUT2D eigenvalue weighted by Crippen LogP contribution is 2.26. The Morgan fingerprint density at radius 1 is 1.37 bits per heavy atom. The van der Waals surface area contributed by atoms with Crippen LogP contribution in [0.25, 0.3) is 0 Å². The summed E-state index contributed by atoms with van der Waals surface area (Å²) in [7, 11) is 0. The van der Waals surface area contributed by atoms with Gasteiger partial charge in [-0.2, -0.15) is 0 Å². The maximum atomic E-state index is 6.43. The minimum absolute atomic E-state index is 0.225. The summed E-state index contributed by atoms with van der Waals surface area (Å²) >= 11 is 0. The van der Waals surface area contributed by atoms with Crippen LogP contribution in [0.2, 0.25) is 0 Å². The maximum Gasteiger partial charge on any atom is 0.0853 e. The molecule has 0 aromatic carbocycles. The van der Waals surface area contributed by atoms with Gasteiger partial charge in [0.15, 0.2) is 0 Å². The highest BCUT2D eigenvalue weighted by molar-refractivity contribution is 4.89. The smallest absolute Gasteiger partial charge is 0.0853 e. The second-order valence-electron chi connectivity index (χ2n) is 6.48. The van der Waals surface area contributed by atoms with Crippen molar-refractivity contribution in [2.75, 3.05) is 19.7 Å². The molecule has 4 unspecified atom stereocenters. The van der Waals surface area contributed by atoms with Gasteiger partial charge in [-0.3, -0.25) is 4.90 Å². The van der Waals surface area contributed by atoms with Crippen LogP contribution in [0.15, 0.2) is 0 Å². The first kappa shape index (κ1) is 15.3. The summed E-state index contributed by atoms with van der Waals surface area (Å²) in [5, 5.41) is 0. The molecule has 2 aliphatic rings. The van der Waals surface area contributed by atoms with E-state index in [4.69, 9.17) is 10.5 Å². The number of fused-ring (bicyclic) bond motifs is 1. The van der Waals surface area contributed by atoms with E-state index in [-0.39, 0.29) is 12.1 Å². The van der Waals surface area contributed by atoms with Crippen molar-refractivity contribution in [3.8, 4) is 0 Å². The van der Waals surface area contributed by atoms with Gasteiger partial charge < -0.3 is 10.5 Å². The molecule has 112 valence electrons. The largest absolute Gasteiger partial charge is 0.374 e. The Kier molecular flexibility index (Phi) is 6.11. The standard InChI is InChI=1S/C16H32N2O/c1-3-5-7-13(4-2)10-15(17)16-11-18-9-6-8-14(18)12-19-16/h13-16H,3-12,17H2,1-2H3. The van der Waals surface area contributed by atoms with Gasteiger partial charge in [0.1, 0.15) is 0 Å². The van der Waals surface area contributed by atoms with Crippen molar-refractivity contribution in [2.24, 2.45) is 11.7 Å². The lowest BCUT2D eigenvalue weighted by Gasteiger charge is -2.38. The third kappa shape index (κ3) is 4.17. The van der Waals surface area contributed by atoms with Gasteiger partial charge in [-0.15, -0.1) is 0 Å². The van der Waals surface area contributed by atoms with Crippen molar-refractivity contribution in [1.82, 2.24) is 4.90 Å². The van der Waals surface area contributed by atoms with Crippen LogP contribution in [0.5, 0.6) is 0 Å². The summed E-state index contributed by atoms with van der Waals surface area (Å²) < 4.78 is 6.04. The molecule has 2 saturated heterocycles. The molecule has 0 spiro atoms. The van der Waals surface area contributed by atoms with E-state index in [1.54, 1.807) is 0 Å². The fourth-order valence-corrected chi connectivity index (χ4v) is 3.62. The topological polar surface area (TPSA) is 38.5 Å². The van der Waals surface area contributed by atoms with Gasteiger partial charge in [-0.1, -0.05) is 39.5 Å². The number of ether oxygens (including phenoxy) is 1. The Bertz CT molecular complexity index is 259. The van der Waals surface area contributed by atoms with Crippen LogP contribution in [-0.2, 0) is 4.74 Å². The van der Waals surface area contributed by atoms with Crippen molar-refractivity contribution < 1.29 is 4.74 Å². The van der Waals surface area contributed by atoms with E-state index in [0.717, 1.165) is 25.5 Å². The molecule has 0 radical (unpaired) electrons. The summed E-state index contributed by atoms with van der Waals surface area (Å²) in [5.74, 6) is 0.787. The first-order chi connectivity index (χ1) is 9.24. The number of rotatable bonds is 7. The Hall–Kier alpha value is -0.120. The quantitative estimate of drug-likeness (QED) is 0.771.